The quantitative estimate of drug-likeness (QED) is 0.819. The van der Waals surface area contributed by atoms with Crippen LogP contribution < -0.4 is 5.32 Å². The zero-order valence-electron chi connectivity index (χ0n) is 9.11. The Morgan fingerprint density at radius 3 is 3.24 bits per heavy atom. The Labute approximate surface area is 108 Å². The van der Waals surface area contributed by atoms with E-state index in [1.54, 1.807) is 6.33 Å². The van der Waals surface area contributed by atoms with Crippen LogP contribution in [0.5, 0.6) is 0 Å². The summed E-state index contributed by atoms with van der Waals surface area (Å²) in [4.78, 5) is 15.4. The molecule has 0 aliphatic carbocycles. The van der Waals surface area contributed by atoms with E-state index in [0.29, 0.717) is 11.7 Å². The van der Waals surface area contributed by atoms with Crippen LogP contribution in [0.15, 0.2) is 6.33 Å². The van der Waals surface area contributed by atoms with Gasteiger partial charge in [-0.15, -0.1) is 0 Å². The Morgan fingerprint density at radius 1 is 1.47 bits per heavy atom. The number of imidazole rings is 1. The smallest absolute Gasteiger partial charge is 0.226 e. The molecule has 1 saturated heterocycles. The maximum Gasteiger partial charge on any atom is 0.226 e. The normalized spacial score (nSPS) is 20.6. The molecule has 2 aromatic heterocycles. The van der Waals surface area contributed by atoms with Gasteiger partial charge < -0.3 is 10.3 Å². The van der Waals surface area contributed by atoms with Crippen LogP contribution in [0, 0.1) is 0 Å². The molecule has 0 spiro atoms. The van der Waals surface area contributed by atoms with E-state index >= 15 is 0 Å². The minimum Gasteiger partial charge on any atom is -0.365 e. The van der Waals surface area contributed by atoms with Crippen molar-refractivity contribution in [2.45, 2.75) is 18.9 Å². The van der Waals surface area contributed by atoms with Crippen LogP contribution in [0.25, 0.3) is 11.2 Å². The van der Waals surface area contributed by atoms with E-state index in [4.69, 9.17) is 11.6 Å². The Balaban J connectivity index is 1.90. The molecular formula is C10H12ClN5S. The molecule has 2 N–H and O–H groups in total. The van der Waals surface area contributed by atoms with Crippen LogP contribution in [0.4, 0.5) is 5.82 Å². The van der Waals surface area contributed by atoms with Crippen molar-refractivity contribution in [1.82, 2.24) is 19.9 Å². The number of nitrogens with one attached hydrogen (secondary N) is 2. The number of rotatable bonds is 2. The molecule has 17 heavy (non-hydrogen) atoms. The molecule has 7 heteroatoms. The molecule has 1 fully saturated rings. The van der Waals surface area contributed by atoms with E-state index in [1.807, 2.05) is 11.8 Å². The first-order chi connectivity index (χ1) is 8.33. The predicted octanol–water partition coefficient (Wildman–Crippen LogP) is 2.31. The highest BCUT2D eigenvalue weighted by Gasteiger charge is 2.16. The fourth-order valence-corrected chi connectivity index (χ4v) is 3.20. The third-order valence-corrected chi connectivity index (χ3v) is 4.14. The lowest BCUT2D eigenvalue weighted by Gasteiger charge is -2.23. The van der Waals surface area contributed by atoms with Gasteiger partial charge in [0.25, 0.3) is 0 Å². The SMILES string of the molecule is Clc1nc(NC2CCCSC2)c2[nH]cnc2n1. The van der Waals surface area contributed by atoms with Crippen molar-refractivity contribution in [3.63, 3.8) is 0 Å². The van der Waals surface area contributed by atoms with Crippen molar-refractivity contribution in [3.05, 3.63) is 11.6 Å². The first kappa shape index (κ1) is 11.1. The highest BCUT2D eigenvalue weighted by Crippen LogP contribution is 2.24. The maximum absolute atomic E-state index is 5.88. The van der Waals surface area contributed by atoms with E-state index in [1.165, 1.54) is 18.6 Å². The molecule has 90 valence electrons. The van der Waals surface area contributed by atoms with E-state index in [0.717, 1.165) is 17.1 Å². The number of hydrogen-bond acceptors (Lipinski definition) is 5. The average Bonchev–Trinajstić information content (AvgIpc) is 2.78. The first-order valence-corrected chi connectivity index (χ1v) is 7.07. The van der Waals surface area contributed by atoms with Crippen molar-refractivity contribution in [1.29, 1.82) is 0 Å². The molecular weight excluding hydrogens is 258 g/mol. The molecule has 1 aliphatic rings. The van der Waals surface area contributed by atoms with Gasteiger partial charge in [-0.05, 0) is 30.2 Å². The van der Waals surface area contributed by atoms with Crippen molar-refractivity contribution in [2.75, 3.05) is 16.8 Å². The van der Waals surface area contributed by atoms with Gasteiger partial charge in [0.2, 0.25) is 5.28 Å². The summed E-state index contributed by atoms with van der Waals surface area (Å²) in [5.41, 5.74) is 1.43. The molecule has 1 aliphatic heterocycles. The maximum atomic E-state index is 5.88. The van der Waals surface area contributed by atoms with Gasteiger partial charge in [-0.25, -0.2) is 4.98 Å². The molecule has 0 aromatic carbocycles. The number of halogens is 1. The topological polar surface area (TPSA) is 66.5 Å². The van der Waals surface area contributed by atoms with Crippen LogP contribution in [-0.4, -0.2) is 37.5 Å². The molecule has 0 radical (unpaired) electrons. The lowest BCUT2D eigenvalue weighted by Crippen LogP contribution is -2.26. The zero-order chi connectivity index (χ0) is 11.7. The second-order valence-electron chi connectivity index (χ2n) is 4.00. The monoisotopic (exact) mass is 269 g/mol. The lowest BCUT2D eigenvalue weighted by atomic mass is 10.2. The van der Waals surface area contributed by atoms with Crippen LogP contribution in [-0.2, 0) is 0 Å². The number of H-pyrrole nitrogens is 1. The molecule has 2 aromatic rings. The van der Waals surface area contributed by atoms with Gasteiger partial charge in [0, 0.05) is 11.8 Å². The van der Waals surface area contributed by atoms with Crippen molar-refractivity contribution in [2.24, 2.45) is 0 Å². The third kappa shape index (κ3) is 2.32. The van der Waals surface area contributed by atoms with Crippen LogP contribution >= 0.6 is 23.4 Å². The summed E-state index contributed by atoms with van der Waals surface area (Å²) in [6, 6.07) is 0.450. The largest absolute Gasteiger partial charge is 0.365 e. The van der Waals surface area contributed by atoms with Crippen LogP contribution in [0.2, 0.25) is 5.28 Å². The Kier molecular flexibility index (Phi) is 3.07. The molecule has 0 saturated carbocycles. The molecule has 1 unspecified atom stereocenters. The molecule has 0 bridgehead atoms. The summed E-state index contributed by atoms with van der Waals surface area (Å²) in [5.74, 6) is 3.12. The number of thioether (sulfide) groups is 1. The standard InChI is InChI=1S/C10H12ClN5S/c11-10-15-8-7(12-5-13-8)9(16-10)14-6-2-1-3-17-4-6/h5-6H,1-4H2,(H2,12,13,14,15,16). The highest BCUT2D eigenvalue weighted by molar-refractivity contribution is 7.99. The molecule has 3 rings (SSSR count). The second-order valence-corrected chi connectivity index (χ2v) is 5.49. The van der Waals surface area contributed by atoms with Gasteiger partial charge >= 0.3 is 0 Å². The Morgan fingerprint density at radius 2 is 2.41 bits per heavy atom. The summed E-state index contributed by atoms with van der Waals surface area (Å²) in [7, 11) is 0. The minimum atomic E-state index is 0.232. The summed E-state index contributed by atoms with van der Waals surface area (Å²) in [5, 5.41) is 3.66. The molecule has 1 atom stereocenters. The first-order valence-electron chi connectivity index (χ1n) is 5.54. The zero-order valence-corrected chi connectivity index (χ0v) is 10.7. The molecule has 3 heterocycles. The third-order valence-electron chi connectivity index (χ3n) is 2.76. The summed E-state index contributed by atoms with van der Waals surface area (Å²) in [6.07, 6.45) is 4.02. The van der Waals surface area contributed by atoms with E-state index in [-0.39, 0.29) is 5.28 Å². The molecule has 5 nitrogen and oxygen atoms in total. The number of fused-ring (bicyclic) bond motifs is 1. The van der Waals surface area contributed by atoms with Gasteiger partial charge in [-0.2, -0.15) is 21.7 Å². The molecule has 0 amide bonds. The van der Waals surface area contributed by atoms with Gasteiger partial charge in [0.1, 0.15) is 5.52 Å². The van der Waals surface area contributed by atoms with E-state index in [2.05, 4.69) is 25.3 Å². The van der Waals surface area contributed by atoms with Gasteiger partial charge in [0.05, 0.1) is 6.33 Å². The van der Waals surface area contributed by atoms with Crippen molar-refractivity contribution >= 4 is 40.3 Å². The Bertz CT molecular complexity index is 522. The number of aromatic amines is 1. The van der Waals surface area contributed by atoms with Crippen molar-refractivity contribution < 1.29 is 0 Å². The fraction of sp³-hybridized carbons (Fsp3) is 0.500. The van der Waals surface area contributed by atoms with Gasteiger partial charge in [-0.3, -0.25) is 0 Å². The second kappa shape index (κ2) is 4.70. The number of aromatic nitrogens is 4. The van der Waals surface area contributed by atoms with E-state index < -0.39 is 0 Å². The van der Waals surface area contributed by atoms with Crippen LogP contribution in [0.3, 0.4) is 0 Å². The summed E-state index contributed by atoms with van der Waals surface area (Å²) in [6.45, 7) is 0. The lowest BCUT2D eigenvalue weighted by molar-refractivity contribution is 0.683. The van der Waals surface area contributed by atoms with Crippen molar-refractivity contribution in [3.8, 4) is 0 Å². The van der Waals surface area contributed by atoms with Gasteiger partial charge in [-0.1, -0.05) is 0 Å². The van der Waals surface area contributed by atoms with Crippen LogP contribution in [0.1, 0.15) is 12.8 Å². The Hall–Kier alpha value is -1.01. The fourth-order valence-electron chi connectivity index (χ4n) is 1.96. The summed E-state index contributed by atoms with van der Waals surface area (Å²) < 4.78 is 0. The minimum absolute atomic E-state index is 0.232. The summed E-state index contributed by atoms with van der Waals surface area (Å²) >= 11 is 7.85. The number of anilines is 1. The number of nitrogens with zero attached hydrogens (tertiary/aromatic N) is 3. The predicted molar refractivity (Wildman–Crippen MR) is 70.7 cm³/mol. The van der Waals surface area contributed by atoms with E-state index in [9.17, 15) is 0 Å². The number of hydrogen-bond donors (Lipinski definition) is 2. The average molecular weight is 270 g/mol. The highest BCUT2D eigenvalue weighted by atomic mass is 35.5. The van der Waals surface area contributed by atoms with Gasteiger partial charge in [0.15, 0.2) is 11.5 Å².